The second kappa shape index (κ2) is 14.6. The number of nitrogens with zero attached hydrogens (tertiary/aromatic N) is 5. The van der Waals surface area contributed by atoms with E-state index in [0.717, 1.165) is 59.2 Å². The number of esters is 2. The average molecular weight is 660 g/mol. The van der Waals surface area contributed by atoms with Gasteiger partial charge in [0.2, 0.25) is 0 Å². The minimum atomic E-state index is -0.701. The van der Waals surface area contributed by atoms with E-state index in [4.69, 9.17) is 14.2 Å². The van der Waals surface area contributed by atoms with Crippen LogP contribution in [-0.2, 0) is 32.2 Å². The van der Waals surface area contributed by atoms with Gasteiger partial charge in [0, 0.05) is 48.0 Å². The Morgan fingerprint density at radius 1 is 0.958 bits per heavy atom. The molecule has 5 rings (SSSR count). The maximum atomic E-state index is 13.2. The Morgan fingerprint density at radius 3 is 2.35 bits per heavy atom. The summed E-state index contributed by atoms with van der Waals surface area (Å²) in [6.07, 6.45) is 4.33. The molecule has 0 aliphatic carbocycles. The molecule has 0 spiro atoms. The van der Waals surface area contributed by atoms with Crippen molar-refractivity contribution in [1.82, 2.24) is 24.3 Å². The number of piperidine rings is 1. The number of methoxy groups -OCH3 is 1. The highest BCUT2D eigenvalue weighted by Gasteiger charge is 2.30. The van der Waals surface area contributed by atoms with Gasteiger partial charge in [-0.15, -0.1) is 0 Å². The SMILES string of the molecule is COc1ccc2nccc([C@@H](O)CN3CCC(N(CC(=O)OC(C)(C)C)Cc4cc5cccnc5n4CC(=O)OC(C)(C)C)CC3)c2c1. The number of ether oxygens (including phenoxy) is 3. The molecular formula is C37H49N5O6. The van der Waals surface area contributed by atoms with Crippen LogP contribution in [0.2, 0.25) is 0 Å². The lowest BCUT2D eigenvalue weighted by Gasteiger charge is -2.39. The number of likely N-dealkylation sites (tertiary alicyclic amines) is 1. The number of hydrogen-bond acceptors (Lipinski definition) is 10. The third kappa shape index (κ3) is 9.09. The van der Waals surface area contributed by atoms with Crippen LogP contribution >= 0.6 is 0 Å². The van der Waals surface area contributed by atoms with Crippen molar-refractivity contribution >= 4 is 33.9 Å². The summed E-state index contributed by atoms with van der Waals surface area (Å²) >= 11 is 0. The number of rotatable bonds is 11. The lowest BCUT2D eigenvalue weighted by molar-refractivity contribution is -0.158. The van der Waals surface area contributed by atoms with Gasteiger partial charge in [-0.3, -0.25) is 19.5 Å². The highest BCUT2D eigenvalue weighted by atomic mass is 16.6. The fourth-order valence-electron chi connectivity index (χ4n) is 6.39. The fourth-order valence-corrected chi connectivity index (χ4v) is 6.39. The topological polar surface area (TPSA) is 119 Å². The van der Waals surface area contributed by atoms with Gasteiger partial charge in [-0.05, 0) is 116 Å². The third-order valence-corrected chi connectivity index (χ3v) is 8.41. The molecule has 1 saturated heterocycles. The van der Waals surface area contributed by atoms with E-state index >= 15 is 0 Å². The van der Waals surface area contributed by atoms with Crippen molar-refractivity contribution in [2.75, 3.05) is 33.3 Å². The third-order valence-electron chi connectivity index (χ3n) is 8.41. The molecular weight excluding hydrogens is 610 g/mol. The van der Waals surface area contributed by atoms with Crippen LogP contribution in [0, 0.1) is 0 Å². The van der Waals surface area contributed by atoms with Crippen molar-refractivity contribution < 1.29 is 28.9 Å². The molecule has 11 nitrogen and oxygen atoms in total. The van der Waals surface area contributed by atoms with Crippen molar-refractivity contribution in [1.29, 1.82) is 0 Å². The Labute approximate surface area is 282 Å². The number of pyridine rings is 2. The molecule has 0 unspecified atom stereocenters. The predicted molar refractivity (Wildman–Crippen MR) is 185 cm³/mol. The van der Waals surface area contributed by atoms with E-state index in [2.05, 4.69) is 19.8 Å². The summed E-state index contributed by atoms with van der Waals surface area (Å²) in [5.41, 5.74) is 1.97. The highest BCUT2D eigenvalue weighted by Crippen LogP contribution is 2.29. The van der Waals surface area contributed by atoms with Gasteiger partial charge in [0.1, 0.15) is 29.1 Å². The maximum Gasteiger partial charge on any atom is 0.326 e. The Morgan fingerprint density at radius 2 is 1.67 bits per heavy atom. The molecule has 1 aromatic carbocycles. The molecule has 0 amide bonds. The van der Waals surface area contributed by atoms with Crippen LogP contribution in [0.4, 0.5) is 0 Å². The number of aliphatic hydroxyl groups is 1. The number of carbonyl (C=O) groups excluding carboxylic acids is 2. The second-order valence-corrected chi connectivity index (χ2v) is 14.5. The molecule has 0 bridgehead atoms. The standard InChI is InChI=1S/C37H49N5O6/c1-36(2,3)47-33(44)23-41(21-27-19-25-9-8-15-39-35(25)42(27)24-34(45)48-37(4,5)6)26-13-17-40(18-14-26)22-32(43)29-12-16-38-31-11-10-28(46-7)20-30(29)31/h8-12,15-16,19-20,26,32,43H,13-14,17-18,21-24H2,1-7H3/t32-/m0/s1. The Kier molecular flexibility index (Phi) is 10.7. The zero-order valence-corrected chi connectivity index (χ0v) is 29.2. The van der Waals surface area contributed by atoms with E-state index < -0.39 is 17.3 Å². The maximum absolute atomic E-state index is 13.2. The zero-order valence-electron chi connectivity index (χ0n) is 29.2. The van der Waals surface area contributed by atoms with Crippen LogP contribution in [0.25, 0.3) is 21.9 Å². The first-order valence-electron chi connectivity index (χ1n) is 16.6. The molecule has 3 aromatic heterocycles. The lowest BCUT2D eigenvalue weighted by Crippen LogP contribution is -2.48. The number of aromatic nitrogens is 3. The van der Waals surface area contributed by atoms with E-state index in [1.165, 1.54) is 0 Å². The molecule has 1 atom stereocenters. The highest BCUT2D eigenvalue weighted by molar-refractivity contribution is 5.84. The van der Waals surface area contributed by atoms with Gasteiger partial charge in [0.05, 0.1) is 25.3 Å². The molecule has 11 heteroatoms. The summed E-state index contributed by atoms with van der Waals surface area (Å²) in [5.74, 6) is 0.0712. The predicted octanol–water partition coefficient (Wildman–Crippen LogP) is 5.28. The summed E-state index contributed by atoms with van der Waals surface area (Å²) in [6.45, 7) is 13.7. The minimum absolute atomic E-state index is 0.0132. The molecule has 4 heterocycles. The van der Waals surface area contributed by atoms with Gasteiger partial charge in [0.25, 0.3) is 0 Å². The molecule has 1 aliphatic rings. The van der Waals surface area contributed by atoms with Crippen LogP contribution in [0.15, 0.2) is 54.9 Å². The Balaban J connectivity index is 1.33. The molecule has 0 radical (unpaired) electrons. The Hall–Kier alpha value is -4.06. The van der Waals surface area contributed by atoms with Crippen LogP contribution in [0.5, 0.6) is 5.75 Å². The summed E-state index contributed by atoms with van der Waals surface area (Å²) in [5, 5.41) is 13.1. The monoisotopic (exact) mass is 659 g/mol. The average Bonchev–Trinajstić information content (AvgIpc) is 3.35. The smallest absolute Gasteiger partial charge is 0.326 e. The van der Waals surface area contributed by atoms with Gasteiger partial charge in [-0.1, -0.05) is 0 Å². The van der Waals surface area contributed by atoms with Crippen molar-refractivity contribution in [3.05, 3.63) is 66.1 Å². The van der Waals surface area contributed by atoms with Crippen LogP contribution < -0.4 is 4.74 Å². The van der Waals surface area contributed by atoms with Crippen LogP contribution in [0.3, 0.4) is 0 Å². The van der Waals surface area contributed by atoms with Crippen LogP contribution in [-0.4, -0.2) is 91.9 Å². The molecule has 1 fully saturated rings. The summed E-state index contributed by atoms with van der Waals surface area (Å²) in [6, 6.07) is 13.5. The largest absolute Gasteiger partial charge is 0.497 e. The lowest BCUT2D eigenvalue weighted by atomic mass is 10.00. The van der Waals surface area contributed by atoms with Crippen molar-refractivity contribution in [3.8, 4) is 5.75 Å². The van der Waals surface area contributed by atoms with E-state index in [9.17, 15) is 14.7 Å². The van der Waals surface area contributed by atoms with Gasteiger partial charge >= 0.3 is 11.9 Å². The number of aliphatic hydroxyl groups excluding tert-OH is 1. The van der Waals surface area contributed by atoms with E-state index in [-0.39, 0.29) is 31.1 Å². The summed E-state index contributed by atoms with van der Waals surface area (Å²) < 4.78 is 18.7. The van der Waals surface area contributed by atoms with Crippen molar-refractivity contribution in [2.45, 2.75) is 90.8 Å². The molecule has 258 valence electrons. The van der Waals surface area contributed by atoms with Crippen molar-refractivity contribution in [2.24, 2.45) is 0 Å². The van der Waals surface area contributed by atoms with E-state index in [1.54, 1.807) is 19.5 Å². The summed E-state index contributed by atoms with van der Waals surface area (Å²) in [7, 11) is 1.63. The Bertz CT molecular complexity index is 1730. The van der Waals surface area contributed by atoms with Crippen LogP contribution in [0.1, 0.15) is 71.7 Å². The first kappa shape index (κ1) is 35.3. The number of β-amino-alcohol motifs (C(OH)–C–C–N with tert-alkyl or cyclic N) is 1. The van der Waals surface area contributed by atoms with Gasteiger partial charge in [0.15, 0.2) is 0 Å². The van der Waals surface area contributed by atoms with Gasteiger partial charge in [-0.25, -0.2) is 4.98 Å². The first-order chi connectivity index (χ1) is 22.7. The number of fused-ring (bicyclic) bond motifs is 2. The normalized spacial score (nSPS) is 15.6. The zero-order chi connectivity index (χ0) is 34.6. The van der Waals surface area contributed by atoms with Gasteiger partial charge < -0.3 is 28.8 Å². The van der Waals surface area contributed by atoms with Gasteiger partial charge in [-0.2, -0.15) is 0 Å². The minimum Gasteiger partial charge on any atom is -0.497 e. The number of carbonyl (C=O) groups is 2. The van der Waals surface area contributed by atoms with E-state index in [1.807, 2.05) is 88.6 Å². The first-order valence-corrected chi connectivity index (χ1v) is 16.6. The molecule has 0 saturated carbocycles. The van der Waals surface area contributed by atoms with E-state index in [0.29, 0.717) is 18.7 Å². The number of hydrogen-bond donors (Lipinski definition) is 1. The van der Waals surface area contributed by atoms with Crippen molar-refractivity contribution in [3.63, 3.8) is 0 Å². The molecule has 48 heavy (non-hydrogen) atoms. The summed E-state index contributed by atoms with van der Waals surface area (Å²) in [4.78, 5) is 39.6. The number of benzene rings is 1. The second-order valence-electron chi connectivity index (χ2n) is 14.5. The quantitative estimate of drug-likeness (QED) is 0.213. The fraction of sp³-hybridized carbons (Fsp3) is 0.514. The molecule has 1 N–H and O–H groups in total. The molecule has 4 aromatic rings. The molecule has 1 aliphatic heterocycles.